The van der Waals surface area contributed by atoms with Crippen LogP contribution in [0.5, 0.6) is 5.88 Å². The molecule has 0 aliphatic carbocycles. The molecule has 0 spiro atoms. The topological polar surface area (TPSA) is 68.7 Å². The van der Waals surface area contributed by atoms with Crippen molar-refractivity contribution in [2.45, 2.75) is 32.0 Å². The predicted molar refractivity (Wildman–Crippen MR) is 97.8 cm³/mol. The van der Waals surface area contributed by atoms with Gasteiger partial charge >= 0.3 is 12.1 Å². The van der Waals surface area contributed by atoms with Crippen LogP contribution in [-0.4, -0.2) is 42.3 Å². The summed E-state index contributed by atoms with van der Waals surface area (Å²) in [5.41, 5.74) is 1.87. The minimum Gasteiger partial charge on any atom is -0.468 e. The number of aromatic nitrogens is 1. The molecule has 0 saturated heterocycles. The molecule has 6 nitrogen and oxygen atoms in total. The first-order chi connectivity index (χ1) is 13.7. The summed E-state index contributed by atoms with van der Waals surface area (Å²) < 4.78 is 46.2. The molecule has 1 aliphatic rings. The van der Waals surface area contributed by atoms with E-state index in [0.717, 1.165) is 36.4 Å². The maximum Gasteiger partial charge on any atom is 0.422 e. The molecule has 1 atom stereocenters. The number of carbonyl (C=O) groups is 2. The minimum atomic E-state index is -4.48. The Labute approximate surface area is 165 Å². The Bertz CT molecular complexity index is 884. The normalized spacial score (nSPS) is 14.7. The van der Waals surface area contributed by atoms with Crippen LogP contribution in [0.1, 0.15) is 29.3 Å². The lowest BCUT2D eigenvalue weighted by molar-refractivity contribution is -0.154. The lowest BCUT2D eigenvalue weighted by Gasteiger charge is -2.31. The summed E-state index contributed by atoms with van der Waals surface area (Å²) in [4.78, 5) is 30.3. The van der Waals surface area contributed by atoms with Gasteiger partial charge in [-0.2, -0.15) is 13.2 Å². The second-order valence-corrected chi connectivity index (χ2v) is 6.56. The maximum absolute atomic E-state index is 12.8. The van der Waals surface area contributed by atoms with Crippen molar-refractivity contribution in [2.75, 3.05) is 18.1 Å². The number of hydrogen-bond acceptors (Lipinski definition) is 5. The number of carbonyl (C=O) groups excluding carboxylic acids is 2. The van der Waals surface area contributed by atoms with Gasteiger partial charge in [0.25, 0.3) is 5.91 Å². The van der Waals surface area contributed by atoms with E-state index in [9.17, 15) is 22.8 Å². The van der Waals surface area contributed by atoms with Crippen LogP contribution < -0.4 is 9.64 Å². The number of hydrogen-bond donors (Lipinski definition) is 0. The van der Waals surface area contributed by atoms with Crippen LogP contribution >= 0.6 is 0 Å². The standard InChI is InChI=1S/C20H19F3N2O4/c1-13(18(26)25-10-4-6-14-5-2-3-7-16(14)25)29-19(27)15-8-9-17(24-11-15)28-12-20(21,22)23/h2-3,5,7-9,11,13H,4,6,10,12H2,1H3. The second kappa shape index (κ2) is 8.50. The van der Waals surface area contributed by atoms with Crippen molar-refractivity contribution in [1.82, 2.24) is 4.98 Å². The summed E-state index contributed by atoms with van der Waals surface area (Å²) in [7, 11) is 0. The zero-order valence-electron chi connectivity index (χ0n) is 15.6. The van der Waals surface area contributed by atoms with E-state index in [0.29, 0.717) is 6.54 Å². The number of ether oxygens (including phenoxy) is 2. The third-order valence-electron chi connectivity index (χ3n) is 4.36. The van der Waals surface area contributed by atoms with Crippen LogP contribution in [0.3, 0.4) is 0 Å². The number of aryl methyl sites for hydroxylation is 1. The van der Waals surface area contributed by atoms with E-state index in [-0.39, 0.29) is 17.4 Å². The quantitative estimate of drug-likeness (QED) is 0.708. The number of para-hydroxylation sites is 1. The number of halogens is 3. The van der Waals surface area contributed by atoms with Crippen LogP contribution in [0.15, 0.2) is 42.6 Å². The molecule has 0 fully saturated rings. The molecule has 3 rings (SSSR count). The molecule has 0 radical (unpaired) electrons. The molecule has 1 aromatic carbocycles. The fraction of sp³-hybridized carbons (Fsp3) is 0.350. The third kappa shape index (κ3) is 5.24. The monoisotopic (exact) mass is 408 g/mol. The summed E-state index contributed by atoms with van der Waals surface area (Å²) in [6, 6.07) is 9.93. The minimum absolute atomic E-state index is 0.00283. The van der Waals surface area contributed by atoms with E-state index in [1.54, 1.807) is 4.90 Å². The molecule has 1 amide bonds. The van der Waals surface area contributed by atoms with Crippen molar-refractivity contribution >= 4 is 17.6 Å². The van der Waals surface area contributed by atoms with Gasteiger partial charge in [-0.15, -0.1) is 0 Å². The lowest BCUT2D eigenvalue weighted by Crippen LogP contribution is -2.42. The molecule has 0 saturated carbocycles. The molecule has 29 heavy (non-hydrogen) atoms. The summed E-state index contributed by atoms with van der Waals surface area (Å²) in [5, 5.41) is 0. The Balaban J connectivity index is 1.61. The molecule has 1 unspecified atom stereocenters. The van der Waals surface area contributed by atoms with Crippen LogP contribution in [0.4, 0.5) is 18.9 Å². The molecule has 2 aromatic rings. The van der Waals surface area contributed by atoms with Crippen molar-refractivity contribution < 1.29 is 32.2 Å². The van der Waals surface area contributed by atoms with Gasteiger partial charge < -0.3 is 14.4 Å². The third-order valence-corrected chi connectivity index (χ3v) is 4.36. The number of alkyl halides is 3. The Kier molecular flexibility index (Phi) is 6.05. The summed E-state index contributed by atoms with van der Waals surface area (Å²) in [6.07, 6.45) is -2.78. The Morgan fingerprint density at radius 1 is 1.21 bits per heavy atom. The average molecular weight is 408 g/mol. The summed E-state index contributed by atoms with van der Waals surface area (Å²) in [5.74, 6) is -1.41. The number of nitrogens with zero attached hydrogens (tertiary/aromatic N) is 2. The van der Waals surface area contributed by atoms with E-state index < -0.39 is 24.9 Å². The van der Waals surface area contributed by atoms with E-state index in [1.165, 1.54) is 13.0 Å². The number of benzene rings is 1. The van der Waals surface area contributed by atoms with Gasteiger partial charge in [0, 0.05) is 24.5 Å². The zero-order chi connectivity index (χ0) is 21.0. The highest BCUT2D eigenvalue weighted by molar-refractivity contribution is 5.99. The fourth-order valence-electron chi connectivity index (χ4n) is 3.00. The van der Waals surface area contributed by atoms with E-state index >= 15 is 0 Å². The number of pyridine rings is 1. The molecular weight excluding hydrogens is 389 g/mol. The van der Waals surface area contributed by atoms with E-state index in [4.69, 9.17) is 4.74 Å². The first-order valence-electron chi connectivity index (χ1n) is 9.00. The molecule has 2 heterocycles. The first kappa shape index (κ1) is 20.6. The highest BCUT2D eigenvalue weighted by Crippen LogP contribution is 2.27. The molecule has 0 N–H and O–H groups in total. The molecule has 1 aromatic heterocycles. The number of esters is 1. The van der Waals surface area contributed by atoms with Crippen molar-refractivity contribution in [3.63, 3.8) is 0 Å². The Morgan fingerprint density at radius 2 is 1.97 bits per heavy atom. The van der Waals surface area contributed by atoms with Gasteiger partial charge in [-0.3, -0.25) is 4.79 Å². The van der Waals surface area contributed by atoms with Crippen molar-refractivity contribution in [3.05, 3.63) is 53.7 Å². The first-order valence-corrected chi connectivity index (χ1v) is 9.00. The average Bonchev–Trinajstić information content (AvgIpc) is 2.71. The predicted octanol–water partition coefficient (Wildman–Crippen LogP) is 3.55. The summed E-state index contributed by atoms with van der Waals surface area (Å²) in [6.45, 7) is 0.531. The lowest BCUT2D eigenvalue weighted by atomic mass is 10.0. The zero-order valence-corrected chi connectivity index (χ0v) is 15.6. The van der Waals surface area contributed by atoms with Crippen LogP contribution in [-0.2, 0) is 16.0 Å². The van der Waals surface area contributed by atoms with Crippen LogP contribution in [0, 0.1) is 0 Å². The SMILES string of the molecule is CC(OC(=O)c1ccc(OCC(F)(F)F)nc1)C(=O)N1CCCc2ccccc21. The maximum atomic E-state index is 12.8. The highest BCUT2D eigenvalue weighted by Gasteiger charge is 2.30. The number of anilines is 1. The van der Waals surface area contributed by atoms with Gasteiger partial charge in [-0.1, -0.05) is 18.2 Å². The van der Waals surface area contributed by atoms with Crippen molar-refractivity contribution in [3.8, 4) is 5.88 Å². The van der Waals surface area contributed by atoms with E-state index in [1.807, 2.05) is 24.3 Å². The Morgan fingerprint density at radius 3 is 2.66 bits per heavy atom. The van der Waals surface area contributed by atoms with Gasteiger partial charge in [0.05, 0.1) is 5.56 Å². The molecule has 0 bridgehead atoms. The Hall–Kier alpha value is -3.10. The van der Waals surface area contributed by atoms with Gasteiger partial charge in [-0.05, 0) is 37.5 Å². The number of fused-ring (bicyclic) bond motifs is 1. The van der Waals surface area contributed by atoms with Gasteiger partial charge in [0.1, 0.15) is 0 Å². The molecule has 1 aliphatic heterocycles. The smallest absolute Gasteiger partial charge is 0.422 e. The largest absolute Gasteiger partial charge is 0.468 e. The van der Waals surface area contributed by atoms with Gasteiger partial charge in [0.15, 0.2) is 12.7 Å². The van der Waals surface area contributed by atoms with Crippen molar-refractivity contribution in [1.29, 1.82) is 0 Å². The van der Waals surface area contributed by atoms with Crippen LogP contribution in [0.25, 0.3) is 0 Å². The molecule has 9 heteroatoms. The van der Waals surface area contributed by atoms with E-state index in [2.05, 4.69) is 9.72 Å². The van der Waals surface area contributed by atoms with Crippen molar-refractivity contribution in [2.24, 2.45) is 0 Å². The highest BCUT2D eigenvalue weighted by atomic mass is 19.4. The number of rotatable bonds is 5. The van der Waals surface area contributed by atoms with Gasteiger partial charge in [0.2, 0.25) is 5.88 Å². The number of amides is 1. The van der Waals surface area contributed by atoms with Gasteiger partial charge in [-0.25, -0.2) is 9.78 Å². The fourth-order valence-corrected chi connectivity index (χ4v) is 3.00. The second-order valence-electron chi connectivity index (χ2n) is 6.56. The molecule has 154 valence electrons. The molecular formula is C20H19F3N2O4. The summed E-state index contributed by atoms with van der Waals surface area (Å²) >= 11 is 0. The van der Waals surface area contributed by atoms with Crippen LogP contribution in [0.2, 0.25) is 0 Å².